The molecule has 0 spiro atoms. The highest BCUT2D eigenvalue weighted by Crippen LogP contribution is 2.35. The highest BCUT2D eigenvalue weighted by atomic mass is 32.1. The normalized spacial score (nSPS) is 19.4. The van der Waals surface area contributed by atoms with Crippen molar-refractivity contribution in [2.75, 3.05) is 13.6 Å². The maximum atomic E-state index is 5.39. The Hall–Kier alpha value is -0.610. The molecule has 4 heteroatoms. The van der Waals surface area contributed by atoms with Crippen molar-refractivity contribution >= 4 is 28.7 Å². The molecule has 1 N–H and O–H groups in total. The number of rotatable bonds is 2. The van der Waals surface area contributed by atoms with Crippen molar-refractivity contribution in [3.63, 3.8) is 0 Å². The van der Waals surface area contributed by atoms with Gasteiger partial charge in [0.1, 0.15) is 0 Å². The molecule has 2 nitrogen and oxygen atoms in total. The number of thiophene rings is 1. The highest BCUT2D eigenvalue weighted by Gasteiger charge is 2.28. The molecule has 0 aliphatic carbocycles. The van der Waals surface area contributed by atoms with Gasteiger partial charge in [0.15, 0.2) is 5.11 Å². The quantitative estimate of drug-likeness (QED) is 0.817. The summed E-state index contributed by atoms with van der Waals surface area (Å²) in [5.41, 5.74) is 1.50. The second-order valence-electron chi connectivity index (χ2n) is 4.10. The van der Waals surface area contributed by atoms with E-state index >= 15 is 0 Å². The molecule has 0 fully saturated rings. The van der Waals surface area contributed by atoms with Crippen LogP contribution in [0.5, 0.6) is 0 Å². The summed E-state index contributed by atoms with van der Waals surface area (Å²) in [5, 5.41) is 6.20. The van der Waals surface area contributed by atoms with Crippen LogP contribution in [-0.4, -0.2) is 23.6 Å². The SMILES string of the molecule is CCC[C@@H]1c2ccsc2CCN1C(=S)NC. The molecule has 1 atom stereocenters. The first-order valence-corrected chi connectivity index (χ1v) is 7.11. The van der Waals surface area contributed by atoms with Crippen molar-refractivity contribution in [3.05, 3.63) is 21.9 Å². The maximum Gasteiger partial charge on any atom is 0.169 e. The average Bonchev–Trinajstić information content (AvgIpc) is 2.77. The first-order valence-electron chi connectivity index (χ1n) is 5.82. The van der Waals surface area contributed by atoms with Gasteiger partial charge in [0, 0.05) is 18.5 Å². The third kappa shape index (κ3) is 2.09. The number of thiocarbonyl (C=S) groups is 1. The van der Waals surface area contributed by atoms with E-state index in [1.807, 2.05) is 18.4 Å². The van der Waals surface area contributed by atoms with Crippen LogP contribution in [0.1, 0.15) is 36.2 Å². The maximum absolute atomic E-state index is 5.39. The summed E-state index contributed by atoms with van der Waals surface area (Å²) in [7, 11) is 1.91. The van der Waals surface area contributed by atoms with E-state index in [1.54, 1.807) is 4.88 Å². The zero-order valence-electron chi connectivity index (χ0n) is 9.82. The van der Waals surface area contributed by atoms with Gasteiger partial charge in [0.2, 0.25) is 0 Å². The Labute approximate surface area is 107 Å². The van der Waals surface area contributed by atoms with Gasteiger partial charge in [-0.05, 0) is 42.1 Å². The lowest BCUT2D eigenvalue weighted by molar-refractivity contribution is 0.282. The van der Waals surface area contributed by atoms with Crippen LogP contribution in [0.2, 0.25) is 0 Å². The Morgan fingerprint density at radius 1 is 1.69 bits per heavy atom. The van der Waals surface area contributed by atoms with E-state index in [1.165, 1.54) is 18.4 Å². The summed E-state index contributed by atoms with van der Waals surface area (Å²) in [6, 6.07) is 2.75. The first kappa shape index (κ1) is 11.9. The summed E-state index contributed by atoms with van der Waals surface area (Å²) in [4.78, 5) is 3.89. The Morgan fingerprint density at radius 2 is 2.50 bits per heavy atom. The summed E-state index contributed by atoms with van der Waals surface area (Å²) in [5.74, 6) is 0. The third-order valence-corrected chi connectivity index (χ3v) is 4.57. The lowest BCUT2D eigenvalue weighted by atomic mass is 9.96. The number of nitrogens with zero attached hydrogens (tertiary/aromatic N) is 1. The van der Waals surface area contributed by atoms with E-state index in [0.29, 0.717) is 6.04 Å². The largest absolute Gasteiger partial charge is 0.366 e. The van der Waals surface area contributed by atoms with Crippen LogP contribution in [0.25, 0.3) is 0 Å². The molecule has 1 aliphatic rings. The molecule has 0 amide bonds. The predicted molar refractivity (Wildman–Crippen MR) is 74.0 cm³/mol. The van der Waals surface area contributed by atoms with E-state index in [2.05, 4.69) is 28.6 Å². The summed E-state index contributed by atoms with van der Waals surface area (Å²) in [6.07, 6.45) is 3.52. The molecule has 0 radical (unpaired) electrons. The topological polar surface area (TPSA) is 15.3 Å². The molecule has 0 unspecified atom stereocenters. The minimum Gasteiger partial charge on any atom is -0.366 e. The number of hydrogen-bond acceptors (Lipinski definition) is 2. The minimum absolute atomic E-state index is 0.486. The van der Waals surface area contributed by atoms with E-state index in [-0.39, 0.29) is 0 Å². The molecule has 0 aromatic carbocycles. The second kappa shape index (κ2) is 5.15. The van der Waals surface area contributed by atoms with Gasteiger partial charge in [-0.15, -0.1) is 11.3 Å². The highest BCUT2D eigenvalue weighted by molar-refractivity contribution is 7.80. The van der Waals surface area contributed by atoms with E-state index in [9.17, 15) is 0 Å². The van der Waals surface area contributed by atoms with Crippen molar-refractivity contribution in [2.45, 2.75) is 32.2 Å². The van der Waals surface area contributed by atoms with Crippen LogP contribution in [0.3, 0.4) is 0 Å². The average molecular weight is 254 g/mol. The van der Waals surface area contributed by atoms with Gasteiger partial charge < -0.3 is 10.2 Å². The van der Waals surface area contributed by atoms with Crippen LogP contribution in [0, 0.1) is 0 Å². The lowest BCUT2D eigenvalue weighted by Gasteiger charge is -2.37. The molecule has 1 aromatic rings. The molecule has 0 saturated carbocycles. The van der Waals surface area contributed by atoms with Gasteiger partial charge >= 0.3 is 0 Å². The van der Waals surface area contributed by atoms with Crippen molar-refractivity contribution in [1.82, 2.24) is 10.2 Å². The first-order chi connectivity index (χ1) is 7.77. The molecule has 88 valence electrons. The molecule has 0 saturated heterocycles. The smallest absolute Gasteiger partial charge is 0.169 e. The van der Waals surface area contributed by atoms with Gasteiger partial charge in [-0.2, -0.15) is 0 Å². The van der Waals surface area contributed by atoms with Crippen LogP contribution in [-0.2, 0) is 6.42 Å². The van der Waals surface area contributed by atoms with Crippen molar-refractivity contribution < 1.29 is 0 Å². The molecule has 16 heavy (non-hydrogen) atoms. The number of hydrogen-bond donors (Lipinski definition) is 1. The standard InChI is InChI=1S/C12H18N2S2/c1-3-4-10-9-6-8-16-11(9)5-7-14(10)12(15)13-2/h6,8,10H,3-5,7H2,1-2H3,(H,13,15)/t10-/m1/s1. The van der Waals surface area contributed by atoms with Gasteiger partial charge in [0.05, 0.1) is 6.04 Å². The molecule has 0 bridgehead atoms. The van der Waals surface area contributed by atoms with Gasteiger partial charge in [0.25, 0.3) is 0 Å². The lowest BCUT2D eigenvalue weighted by Crippen LogP contribution is -2.43. The van der Waals surface area contributed by atoms with E-state index in [0.717, 1.165) is 18.1 Å². The van der Waals surface area contributed by atoms with Crippen LogP contribution in [0.4, 0.5) is 0 Å². The molecule has 2 heterocycles. The van der Waals surface area contributed by atoms with Gasteiger partial charge in [-0.3, -0.25) is 0 Å². The Morgan fingerprint density at radius 3 is 3.19 bits per heavy atom. The zero-order valence-corrected chi connectivity index (χ0v) is 11.5. The second-order valence-corrected chi connectivity index (χ2v) is 5.49. The van der Waals surface area contributed by atoms with Crippen molar-refractivity contribution in [3.8, 4) is 0 Å². The molecule has 1 aliphatic heterocycles. The van der Waals surface area contributed by atoms with Crippen molar-refractivity contribution in [2.24, 2.45) is 0 Å². The summed E-state index contributed by atoms with van der Waals surface area (Å²) >= 11 is 7.27. The Balaban J connectivity index is 2.26. The van der Waals surface area contributed by atoms with Crippen LogP contribution < -0.4 is 5.32 Å². The fraction of sp³-hybridized carbons (Fsp3) is 0.583. The molecule has 2 rings (SSSR count). The molecule has 1 aromatic heterocycles. The monoisotopic (exact) mass is 254 g/mol. The Kier molecular flexibility index (Phi) is 3.82. The van der Waals surface area contributed by atoms with Gasteiger partial charge in [-0.1, -0.05) is 13.3 Å². The number of fused-ring (bicyclic) bond motifs is 1. The Bertz CT molecular complexity index is 373. The predicted octanol–water partition coefficient (Wildman–Crippen LogP) is 2.95. The van der Waals surface area contributed by atoms with Gasteiger partial charge in [-0.25, -0.2) is 0 Å². The fourth-order valence-corrected chi connectivity index (χ4v) is 3.51. The third-order valence-electron chi connectivity index (χ3n) is 3.13. The summed E-state index contributed by atoms with van der Waals surface area (Å²) in [6.45, 7) is 3.29. The zero-order chi connectivity index (χ0) is 11.5. The summed E-state index contributed by atoms with van der Waals surface area (Å²) < 4.78 is 0. The van der Waals surface area contributed by atoms with Crippen LogP contribution in [0.15, 0.2) is 11.4 Å². The van der Waals surface area contributed by atoms with Crippen LogP contribution >= 0.6 is 23.6 Å². The fourth-order valence-electron chi connectivity index (χ4n) is 2.37. The van der Waals surface area contributed by atoms with Crippen molar-refractivity contribution in [1.29, 1.82) is 0 Å². The molecular weight excluding hydrogens is 236 g/mol. The van der Waals surface area contributed by atoms with E-state index in [4.69, 9.17) is 12.2 Å². The number of nitrogens with one attached hydrogen (secondary N) is 1. The van der Waals surface area contributed by atoms with E-state index < -0.39 is 0 Å². The molecular formula is C12H18N2S2. The minimum atomic E-state index is 0.486.